The van der Waals surface area contributed by atoms with Crippen molar-refractivity contribution in [3.63, 3.8) is 0 Å². The molecule has 1 heterocycles. The van der Waals surface area contributed by atoms with Gasteiger partial charge in [0, 0.05) is 17.7 Å². The fourth-order valence-electron chi connectivity index (χ4n) is 2.68. The molecule has 7 nitrogen and oxygen atoms in total. The normalized spacial score (nSPS) is 13.9. The summed E-state index contributed by atoms with van der Waals surface area (Å²) in [4.78, 5) is 12.2. The van der Waals surface area contributed by atoms with Crippen LogP contribution in [-0.2, 0) is 10.0 Å². The molecule has 1 aliphatic rings. The van der Waals surface area contributed by atoms with E-state index in [4.69, 9.17) is 27.7 Å². The average molecular weight is 452 g/mol. The Hall–Kier alpha value is -2.55. The lowest BCUT2D eigenvalue weighted by molar-refractivity contribution is 0.101. The first kappa shape index (κ1) is 19.8. The van der Waals surface area contributed by atoms with E-state index >= 15 is 0 Å². The maximum atomic E-state index is 12.8. The molecule has 4 rings (SSSR count). The number of halogens is 2. The minimum Gasteiger partial charge on any atom is -0.360 e. The Morgan fingerprint density at radius 2 is 1.83 bits per heavy atom. The van der Waals surface area contributed by atoms with Gasteiger partial charge in [-0.3, -0.25) is 9.52 Å². The third-order valence-corrected chi connectivity index (χ3v) is 6.51. The van der Waals surface area contributed by atoms with Gasteiger partial charge < -0.3 is 9.84 Å². The highest BCUT2D eigenvalue weighted by atomic mass is 35.5. The van der Waals surface area contributed by atoms with Crippen molar-refractivity contribution in [1.29, 1.82) is 0 Å². The van der Waals surface area contributed by atoms with Crippen LogP contribution < -0.4 is 10.0 Å². The molecule has 3 aromatic rings. The number of hydrogen-bond acceptors (Lipinski definition) is 5. The van der Waals surface area contributed by atoms with Crippen molar-refractivity contribution < 1.29 is 17.7 Å². The molecule has 0 atom stereocenters. The number of hydrogen-bond donors (Lipinski definition) is 2. The van der Waals surface area contributed by atoms with Crippen LogP contribution in [0.15, 0.2) is 57.9 Å². The molecule has 1 fully saturated rings. The Labute approximate surface area is 177 Å². The van der Waals surface area contributed by atoms with Gasteiger partial charge in [0.2, 0.25) is 0 Å². The number of nitrogens with zero attached hydrogens (tertiary/aromatic N) is 1. The minimum absolute atomic E-state index is 0.00000770. The Balaban J connectivity index is 1.56. The number of anilines is 2. The van der Waals surface area contributed by atoms with Gasteiger partial charge in [-0.25, -0.2) is 8.42 Å². The summed E-state index contributed by atoms with van der Waals surface area (Å²) >= 11 is 12.1. The van der Waals surface area contributed by atoms with Crippen LogP contribution in [0.2, 0.25) is 10.0 Å². The zero-order valence-corrected chi connectivity index (χ0v) is 17.2. The summed E-state index contributed by atoms with van der Waals surface area (Å²) in [6.45, 7) is 0. The van der Waals surface area contributed by atoms with Crippen LogP contribution in [0, 0.1) is 0 Å². The molecule has 1 aromatic heterocycles. The van der Waals surface area contributed by atoms with Crippen molar-refractivity contribution in [2.45, 2.75) is 23.7 Å². The van der Waals surface area contributed by atoms with Crippen LogP contribution in [-0.4, -0.2) is 19.5 Å². The van der Waals surface area contributed by atoms with E-state index in [1.807, 2.05) is 0 Å². The summed E-state index contributed by atoms with van der Waals surface area (Å²) in [5.74, 6) is 0.496. The highest BCUT2D eigenvalue weighted by Gasteiger charge is 2.29. The second-order valence-corrected chi connectivity index (χ2v) is 9.04. The number of nitrogens with one attached hydrogen (secondary N) is 2. The zero-order chi connectivity index (χ0) is 20.6. The quantitative estimate of drug-likeness (QED) is 0.553. The summed E-state index contributed by atoms with van der Waals surface area (Å²) in [6.07, 6.45) is 2.04. The van der Waals surface area contributed by atoms with Gasteiger partial charge in [-0.1, -0.05) is 40.5 Å². The van der Waals surface area contributed by atoms with E-state index in [-0.39, 0.29) is 32.0 Å². The molecule has 1 saturated carbocycles. The first-order valence-electron chi connectivity index (χ1n) is 8.68. The molecule has 10 heteroatoms. The monoisotopic (exact) mass is 451 g/mol. The largest absolute Gasteiger partial charge is 0.360 e. The lowest BCUT2D eigenvalue weighted by Gasteiger charge is -2.12. The van der Waals surface area contributed by atoms with E-state index in [0.717, 1.165) is 12.8 Å². The highest BCUT2D eigenvalue weighted by molar-refractivity contribution is 7.92. The number of aromatic nitrogens is 1. The van der Waals surface area contributed by atoms with Gasteiger partial charge in [-0.2, -0.15) is 0 Å². The lowest BCUT2D eigenvalue weighted by atomic mass is 10.2. The van der Waals surface area contributed by atoms with Crippen molar-refractivity contribution in [1.82, 2.24) is 5.16 Å². The number of carbonyl (C=O) groups is 1. The molecule has 150 valence electrons. The number of carbonyl (C=O) groups excluding carboxylic acids is 1. The van der Waals surface area contributed by atoms with E-state index in [9.17, 15) is 13.2 Å². The van der Waals surface area contributed by atoms with Crippen LogP contribution in [0.5, 0.6) is 0 Å². The molecule has 2 N–H and O–H groups in total. The summed E-state index contributed by atoms with van der Waals surface area (Å²) in [5.41, 5.74) is 0.588. The average Bonchev–Trinajstić information content (AvgIpc) is 3.41. The maximum Gasteiger partial charge on any atom is 0.277 e. The number of sulfonamides is 1. The van der Waals surface area contributed by atoms with Crippen molar-refractivity contribution in [3.8, 4) is 0 Å². The lowest BCUT2D eigenvalue weighted by Crippen LogP contribution is -2.16. The third-order valence-electron chi connectivity index (χ3n) is 4.34. The number of amides is 1. The SMILES string of the molecule is O=C(Nc1ccc(Cl)c(S(=O)(=O)Nc2ccccc2Cl)c1)c1cc(C2CC2)on1. The highest BCUT2D eigenvalue weighted by Crippen LogP contribution is 2.40. The predicted octanol–water partition coefficient (Wildman–Crippen LogP) is 4.91. The molecule has 1 aliphatic carbocycles. The van der Waals surface area contributed by atoms with Gasteiger partial charge in [-0.05, 0) is 43.2 Å². The summed E-state index contributed by atoms with van der Waals surface area (Å²) in [7, 11) is -4.04. The summed E-state index contributed by atoms with van der Waals surface area (Å²) in [5, 5.41) is 6.62. The van der Waals surface area contributed by atoms with Gasteiger partial charge >= 0.3 is 0 Å². The fraction of sp³-hybridized carbons (Fsp3) is 0.158. The molecule has 0 unspecified atom stereocenters. The maximum absolute atomic E-state index is 12.8. The number of rotatable bonds is 6. The van der Waals surface area contributed by atoms with Crippen LogP contribution in [0.1, 0.15) is 35.0 Å². The fourth-order valence-corrected chi connectivity index (χ4v) is 4.53. The van der Waals surface area contributed by atoms with Crippen molar-refractivity contribution in [3.05, 3.63) is 70.0 Å². The summed E-state index contributed by atoms with van der Waals surface area (Å²) in [6, 6.07) is 12.2. The van der Waals surface area contributed by atoms with Crippen LogP contribution in [0.3, 0.4) is 0 Å². The Kier molecular flexibility index (Phi) is 5.24. The molecule has 2 aromatic carbocycles. The molecule has 0 bridgehead atoms. The third kappa shape index (κ3) is 4.39. The molecular formula is C19H15Cl2N3O4S. The standard InChI is InChI=1S/C19H15Cl2N3O4S/c20-13-3-1-2-4-15(13)24-29(26,27)18-9-12(7-8-14(18)21)22-19(25)16-10-17(28-23-16)11-5-6-11/h1-4,7-11,24H,5-6H2,(H,22,25). The summed E-state index contributed by atoms with van der Waals surface area (Å²) < 4.78 is 33.1. The molecule has 29 heavy (non-hydrogen) atoms. The van der Waals surface area contributed by atoms with Crippen LogP contribution >= 0.6 is 23.2 Å². The van der Waals surface area contributed by atoms with Gasteiger partial charge in [0.15, 0.2) is 5.69 Å². The van der Waals surface area contributed by atoms with Gasteiger partial charge in [0.05, 0.1) is 15.7 Å². The van der Waals surface area contributed by atoms with Gasteiger partial charge in [0.1, 0.15) is 10.7 Å². The van der Waals surface area contributed by atoms with Gasteiger partial charge in [-0.15, -0.1) is 0 Å². The number of para-hydroxylation sites is 1. The molecular weight excluding hydrogens is 437 g/mol. The van der Waals surface area contributed by atoms with Crippen molar-refractivity contribution >= 4 is 50.5 Å². The van der Waals surface area contributed by atoms with E-state index < -0.39 is 15.9 Å². The Bertz CT molecular complexity index is 1190. The van der Waals surface area contributed by atoms with Crippen molar-refractivity contribution in [2.75, 3.05) is 10.0 Å². The first-order chi connectivity index (χ1) is 13.8. The predicted molar refractivity (Wildman–Crippen MR) is 110 cm³/mol. The van der Waals surface area contributed by atoms with E-state index in [0.29, 0.717) is 11.7 Å². The zero-order valence-electron chi connectivity index (χ0n) is 14.9. The number of benzene rings is 2. The van der Waals surface area contributed by atoms with Crippen LogP contribution in [0.4, 0.5) is 11.4 Å². The van der Waals surface area contributed by atoms with Gasteiger partial charge in [0.25, 0.3) is 15.9 Å². The van der Waals surface area contributed by atoms with E-state index in [1.54, 1.807) is 24.3 Å². The second kappa shape index (κ2) is 7.70. The smallest absolute Gasteiger partial charge is 0.277 e. The Morgan fingerprint density at radius 3 is 2.55 bits per heavy atom. The minimum atomic E-state index is -4.04. The molecule has 0 radical (unpaired) electrons. The first-order valence-corrected chi connectivity index (χ1v) is 10.9. The topological polar surface area (TPSA) is 101 Å². The molecule has 0 saturated heterocycles. The van der Waals surface area contributed by atoms with Crippen molar-refractivity contribution in [2.24, 2.45) is 0 Å². The molecule has 0 aliphatic heterocycles. The second-order valence-electron chi connectivity index (χ2n) is 6.57. The molecule has 1 amide bonds. The van der Waals surface area contributed by atoms with E-state index in [2.05, 4.69) is 15.2 Å². The van der Waals surface area contributed by atoms with Crippen LogP contribution in [0.25, 0.3) is 0 Å². The molecule has 0 spiro atoms. The van der Waals surface area contributed by atoms with E-state index in [1.165, 1.54) is 24.3 Å². The Morgan fingerprint density at radius 1 is 1.07 bits per heavy atom.